The van der Waals surface area contributed by atoms with Gasteiger partial charge in [0, 0.05) is 18.0 Å². The normalized spacial score (nSPS) is 17.8. The second-order valence-electron chi connectivity index (χ2n) is 7.75. The van der Waals surface area contributed by atoms with Gasteiger partial charge in [-0.05, 0) is 55.7 Å². The molecule has 6 heteroatoms. The van der Waals surface area contributed by atoms with Gasteiger partial charge in [0.05, 0.1) is 22.8 Å². The highest BCUT2D eigenvalue weighted by atomic mass is 35.5. The van der Waals surface area contributed by atoms with Gasteiger partial charge in [0.15, 0.2) is 8.32 Å². The van der Waals surface area contributed by atoms with Crippen LogP contribution >= 0.6 is 23.2 Å². The summed E-state index contributed by atoms with van der Waals surface area (Å²) in [5.74, 6) is 0. The smallest absolute Gasteiger partial charge is 0.192 e. The van der Waals surface area contributed by atoms with Crippen LogP contribution < -0.4 is 0 Å². The molecule has 1 aromatic rings. The average molecular weight is 420 g/mol. The summed E-state index contributed by atoms with van der Waals surface area (Å²) in [6.45, 7) is 6.46. The molecule has 1 unspecified atom stereocenters. The highest BCUT2D eigenvalue weighted by Gasteiger charge is 2.38. The molecule has 1 aromatic heterocycles. The van der Waals surface area contributed by atoms with E-state index >= 15 is 0 Å². The van der Waals surface area contributed by atoms with Crippen LogP contribution in [0.15, 0.2) is 12.4 Å². The summed E-state index contributed by atoms with van der Waals surface area (Å²) in [6.07, 6.45) is 9.04. The first-order valence-electron chi connectivity index (χ1n) is 9.97. The molecule has 0 aliphatic heterocycles. The van der Waals surface area contributed by atoms with Crippen molar-refractivity contribution in [3.8, 4) is 0 Å². The Bertz CT molecular complexity index is 545. The molecule has 0 amide bonds. The molecule has 0 spiro atoms. The van der Waals surface area contributed by atoms with Crippen LogP contribution in [0.2, 0.25) is 28.2 Å². The van der Waals surface area contributed by atoms with E-state index in [0.29, 0.717) is 10.0 Å². The highest BCUT2D eigenvalue weighted by Crippen LogP contribution is 2.47. The first-order valence-corrected chi connectivity index (χ1v) is 13.3. The molecule has 0 aromatic carbocycles. The van der Waals surface area contributed by atoms with Gasteiger partial charge in [0.2, 0.25) is 0 Å². The maximum absolute atomic E-state index is 13.4. The Morgan fingerprint density at radius 3 is 2.15 bits per heavy atom. The summed E-state index contributed by atoms with van der Waals surface area (Å²) in [7, 11) is -1.82. The zero-order valence-electron chi connectivity index (χ0n) is 16.3. The maximum atomic E-state index is 13.4. The zero-order chi connectivity index (χ0) is 19.2. The van der Waals surface area contributed by atoms with Gasteiger partial charge in [-0.3, -0.25) is 9.37 Å². The van der Waals surface area contributed by atoms with E-state index in [9.17, 15) is 4.39 Å². The van der Waals surface area contributed by atoms with Crippen molar-refractivity contribution in [1.82, 2.24) is 4.98 Å². The number of hydrogen-bond acceptors (Lipinski definition) is 2. The van der Waals surface area contributed by atoms with Crippen LogP contribution in [-0.4, -0.2) is 20.0 Å². The summed E-state index contributed by atoms with van der Waals surface area (Å²) in [5, 5.41) is 1.13. The van der Waals surface area contributed by atoms with Crippen molar-refractivity contribution in [3.63, 3.8) is 0 Å². The number of rotatable bonds is 11. The lowest BCUT2D eigenvalue weighted by Gasteiger charge is -2.40. The van der Waals surface area contributed by atoms with E-state index < -0.39 is 8.32 Å². The number of halogens is 3. The fraction of sp³-hybridized carbons (Fsp3) is 0.750. The predicted molar refractivity (Wildman–Crippen MR) is 111 cm³/mol. The van der Waals surface area contributed by atoms with Gasteiger partial charge in [-0.25, -0.2) is 0 Å². The van der Waals surface area contributed by atoms with Crippen LogP contribution in [-0.2, 0) is 4.43 Å². The maximum Gasteiger partial charge on any atom is 0.192 e. The van der Waals surface area contributed by atoms with Crippen molar-refractivity contribution in [2.24, 2.45) is 5.41 Å². The molecule has 1 aliphatic carbocycles. The van der Waals surface area contributed by atoms with E-state index in [1.807, 2.05) is 0 Å². The van der Waals surface area contributed by atoms with E-state index in [4.69, 9.17) is 27.6 Å². The fourth-order valence-corrected chi connectivity index (χ4v) is 7.53. The molecule has 1 heterocycles. The molecule has 0 N–H and O–H groups in total. The van der Waals surface area contributed by atoms with Gasteiger partial charge >= 0.3 is 0 Å². The lowest BCUT2D eigenvalue weighted by molar-refractivity contribution is 0.0700. The monoisotopic (exact) mass is 419 g/mol. The average Bonchev–Trinajstić information content (AvgIpc) is 2.61. The molecule has 26 heavy (non-hydrogen) atoms. The molecule has 1 saturated carbocycles. The lowest BCUT2D eigenvalue weighted by Crippen LogP contribution is -2.37. The lowest BCUT2D eigenvalue weighted by atomic mass is 9.67. The van der Waals surface area contributed by atoms with E-state index in [-0.39, 0.29) is 18.2 Å². The van der Waals surface area contributed by atoms with Crippen LogP contribution in [0.1, 0.15) is 71.0 Å². The van der Waals surface area contributed by atoms with Crippen molar-refractivity contribution >= 4 is 31.5 Å². The Kier molecular flexibility index (Phi) is 8.39. The van der Waals surface area contributed by atoms with Gasteiger partial charge < -0.3 is 4.43 Å². The number of nitrogens with zero attached hydrogens (tertiary/aromatic N) is 1. The standard InChI is InChI=1S/C20H32Cl2FNOSi/c1-4-26(5-2,6-3)25-18(19-16(21)13-24-14-17(19)22)9-7-10-20(15-23)11-8-12-20/h13-14,18H,4-12,15H2,1-3H3. The van der Waals surface area contributed by atoms with Crippen molar-refractivity contribution in [2.45, 2.75) is 83.5 Å². The predicted octanol–water partition coefficient (Wildman–Crippen LogP) is 7.76. The minimum Gasteiger partial charge on any atom is -0.410 e. The van der Waals surface area contributed by atoms with Gasteiger partial charge in [-0.1, -0.05) is 50.4 Å². The second-order valence-corrected chi connectivity index (χ2v) is 13.3. The molecule has 1 atom stereocenters. The molecule has 1 fully saturated rings. The minimum absolute atomic E-state index is 0.0782. The quantitative estimate of drug-likeness (QED) is 0.341. The minimum atomic E-state index is -1.82. The van der Waals surface area contributed by atoms with E-state index in [2.05, 4.69) is 25.8 Å². The van der Waals surface area contributed by atoms with E-state index in [0.717, 1.165) is 62.2 Å². The first-order chi connectivity index (χ1) is 12.4. The Balaban J connectivity index is 2.18. The fourth-order valence-electron chi connectivity index (χ4n) is 4.08. The summed E-state index contributed by atoms with van der Waals surface area (Å²) >= 11 is 12.9. The summed E-state index contributed by atoms with van der Waals surface area (Å²) in [6, 6.07) is 3.22. The summed E-state index contributed by atoms with van der Waals surface area (Å²) < 4.78 is 20.2. The van der Waals surface area contributed by atoms with Crippen LogP contribution in [0.4, 0.5) is 4.39 Å². The van der Waals surface area contributed by atoms with Crippen molar-refractivity contribution in [1.29, 1.82) is 0 Å². The first kappa shape index (κ1) is 22.1. The Labute approximate surface area is 169 Å². The number of hydrogen-bond donors (Lipinski definition) is 0. The molecule has 0 bridgehead atoms. The topological polar surface area (TPSA) is 22.1 Å². The van der Waals surface area contributed by atoms with Crippen LogP contribution in [0.3, 0.4) is 0 Å². The van der Waals surface area contributed by atoms with Gasteiger partial charge in [-0.15, -0.1) is 0 Å². The van der Waals surface area contributed by atoms with Gasteiger partial charge in [0.1, 0.15) is 0 Å². The van der Waals surface area contributed by atoms with Crippen LogP contribution in [0.25, 0.3) is 0 Å². The number of alkyl halides is 1. The van der Waals surface area contributed by atoms with Crippen molar-refractivity contribution < 1.29 is 8.82 Å². The Morgan fingerprint density at radius 1 is 1.15 bits per heavy atom. The third-order valence-electron chi connectivity index (χ3n) is 6.41. The van der Waals surface area contributed by atoms with Gasteiger partial charge in [-0.2, -0.15) is 0 Å². The molecular weight excluding hydrogens is 388 g/mol. The molecule has 2 nitrogen and oxygen atoms in total. The van der Waals surface area contributed by atoms with E-state index in [1.165, 1.54) is 0 Å². The number of pyridine rings is 1. The van der Waals surface area contributed by atoms with E-state index in [1.54, 1.807) is 12.4 Å². The third-order valence-corrected chi connectivity index (χ3v) is 11.7. The highest BCUT2D eigenvalue weighted by molar-refractivity contribution is 6.73. The van der Waals surface area contributed by atoms with Crippen molar-refractivity contribution in [3.05, 3.63) is 28.0 Å². The number of aromatic nitrogens is 1. The molecule has 1 aliphatic rings. The second kappa shape index (κ2) is 9.86. The molecular formula is C20H32Cl2FNOSi. The van der Waals surface area contributed by atoms with Crippen LogP contribution in [0, 0.1) is 5.41 Å². The SMILES string of the molecule is CC[Si](CC)(CC)OC(CCCC1(CF)CCC1)c1c(Cl)cncc1Cl. The third kappa shape index (κ3) is 5.01. The molecule has 148 valence electrons. The Hall–Kier alpha value is -0.163. The molecule has 2 rings (SSSR count). The van der Waals surface area contributed by atoms with Crippen LogP contribution in [0.5, 0.6) is 0 Å². The van der Waals surface area contributed by atoms with Gasteiger partial charge in [0.25, 0.3) is 0 Å². The summed E-state index contributed by atoms with van der Waals surface area (Å²) in [4.78, 5) is 4.08. The summed E-state index contributed by atoms with van der Waals surface area (Å²) in [5.41, 5.74) is 0.781. The molecule has 0 saturated heterocycles. The largest absolute Gasteiger partial charge is 0.410 e. The zero-order valence-corrected chi connectivity index (χ0v) is 18.8. The van der Waals surface area contributed by atoms with Crippen molar-refractivity contribution in [2.75, 3.05) is 6.67 Å². The molecule has 0 radical (unpaired) electrons. The Morgan fingerprint density at radius 2 is 1.73 bits per heavy atom.